The summed E-state index contributed by atoms with van der Waals surface area (Å²) in [6.07, 6.45) is -1.08. The van der Waals surface area contributed by atoms with Crippen LogP contribution in [0.2, 0.25) is 0 Å². The largest absolute Gasteiger partial charge is 0.493 e. The van der Waals surface area contributed by atoms with Crippen molar-refractivity contribution in [3.63, 3.8) is 0 Å². The van der Waals surface area contributed by atoms with Crippen molar-refractivity contribution in [1.82, 2.24) is 0 Å². The molecule has 0 amide bonds. The number of hydrogen-bond donors (Lipinski definition) is 1. The minimum atomic E-state index is -1.08. The van der Waals surface area contributed by atoms with Gasteiger partial charge in [0.1, 0.15) is 11.9 Å². The van der Waals surface area contributed by atoms with Crippen LogP contribution in [0.15, 0.2) is 36.4 Å². The number of methoxy groups -OCH3 is 3. The van der Waals surface area contributed by atoms with Crippen LogP contribution in [0.1, 0.15) is 17.2 Å². The van der Waals surface area contributed by atoms with E-state index in [4.69, 9.17) is 14.2 Å². The van der Waals surface area contributed by atoms with Gasteiger partial charge in [0.25, 0.3) is 0 Å². The van der Waals surface area contributed by atoms with Crippen molar-refractivity contribution >= 4 is 0 Å². The van der Waals surface area contributed by atoms with Crippen molar-refractivity contribution in [2.24, 2.45) is 0 Å². The first-order chi connectivity index (χ1) is 11.1. The number of aliphatic hydroxyl groups is 1. The molecule has 0 fully saturated rings. The van der Waals surface area contributed by atoms with E-state index >= 15 is 0 Å². The Morgan fingerprint density at radius 2 is 1.65 bits per heavy atom. The second-order valence-corrected chi connectivity index (χ2v) is 4.64. The Balaban J connectivity index is 2.34. The molecule has 4 nitrogen and oxygen atoms in total. The normalized spacial score (nSPS) is 11.2. The van der Waals surface area contributed by atoms with Gasteiger partial charge in [0.2, 0.25) is 5.75 Å². The Hall–Kier alpha value is -2.71. The molecule has 2 aromatic rings. The smallest absolute Gasteiger partial charge is 0.203 e. The van der Waals surface area contributed by atoms with E-state index in [-0.39, 0.29) is 5.82 Å². The molecular weight excluding hydrogens is 299 g/mol. The lowest BCUT2D eigenvalue weighted by molar-refractivity contribution is 0.236. The van der Waals surface area contributed by atoms with Crippen LogP contribution in [0.25, 0.3) is 0 Å². The maximum atomic E-state index is 13.1. The van der Waals surface area contributed by atoms with E-state index < -0.39 is 6.10 Å². The molecule has 0 spiro atoms. The van der Waals surface area contributed by atoms with Crippen molar-refractivity contribution in [3.8, 4) is 29.1 Å². The lowest BCUT2D eigenvalue weighted by Crippen LogP contribution is -2.00. The van der Waals surface area contributed by atoms with Gasteiger partial charge in [0.15, 0.2) is 11.5 Å². The number of aliphatic hydroxyl groups excluding tert-OH is 1. The van der Waals surface area contributed by atoms with Gasteiger partial charge in [-0.1, -0.05) is 17.9 Å². The average Bonchev–Trinajstić information content (AvgIpc) is 2.58. The number of hydrogen-bond acceptors (Lipinski definition) is 4. The third-order valence-electron chi connectivity index (χ3n) is 3.18. The van der Waals surface area contributed by atoms with E-state index in [1.807, 2.05) is 0 Å². The topological polar surface area (TPSA) is 47.9 Å². The van der Waals surface area contributed by atoms with Crippen LogP contribution in [-0.2, 0) is 0 Å². The summed E-state index contributed by atoms with van der Waals surface area (Å²) in [5.74, 6) is 6.31. The van der Waals surface area contributed by atoms with Crippen molar-refractivity contribution in [2.45, 2.75) is 6.10 Å². The van der Waals surface area contributed by atoms with Gasteiger partial charge < -0.3 is 19.3 Å². The molecule has 1 unspecified atom stereocenters. The van der Waals surface area contributed by atoms with Gasteiger partial charge in [0.05, 0.1) is 21.3 Å². The second-order valence-electron chi connectivity index (χ2n) is 4.64. The molecule has 0 aliphatic carbocycles. The van der Waals surface area contributed by atoms with Gasteiger partial charge in [0, 0.05) is 11.1 Å². The zero-order chi connectivity index (χ0) is 16.8. The van der Waals surface area contributed by atoms with E-state index in [2.05, 4.69) is 11.8 Å². The summed E-state index contributed by atoms with van der Waals surface area (Å²) in [5, 5.41) is 10.2. The standard InChI is InChI=1S/C18H17FO4/c1-21-16-10-13(11-17(22-2)18(16)23-3)15(20)8-7-12-5-4-6-14(19)9-12/h4-6,9-11,15,20H,1-3H3. The molecule has 0 aromatic heterocycles. The molecule has 0 aliphatic rings. The summed E-state index contributed by atoms with van der Waals surface area (Å²) < 4.78 is 28.8. The van der Waals surface area contributed by atoms with Crippen molar-refractivity contribution in [2.75, 3.05) is 21.3 Å². The van der Waals surface area contributed by atoms with Crippen LogP contribution in [0.5, 0.6) is 17.2 Å². The third-order valence-corrected chi connectivity index (χ3v) is 3.18. The molecule has 0 saturated heterocycles. The summed E-state index contributed by atoms with van der Waals surface area (Å²) in [6, 6.07) is 9.09. The fourth-order valence-corrected chi connectivity index (χ4v) is 2.06. The molecule has 0 aliphatic heterocycles. The van der Waals surface area contributed by atoms with Gasteiger partial charge in [-0.05, 0) is 30.3 Å². The Kier molecular flexibility index (Phi) is 5.45. The highest BCUT2D eigenvalue weighted by Crippen LogP contribution is 2.39. The van der Waals surface area contributed by atoms with Crippen LogP contribution < -0.4 is 14.2 Å². The monoisotopic (exact) mass is 316 g/mol. The predicted molar refractivity (Wildman–Crippen MR) is 84.3 cm³/mol. The Morgan fingerprint density at radius 1 is 1.00 bits per heavy atom. The predicted octanol–water partition coefficient (Wildman–Crippen LogP) is 2.94. The van der Waals surface area contributed by atoms with Gasteiger partial charge in [-0.3, -0.25) is 0 Å². The summed E-state index contributed by atoms with van der Waals surface area (Å²) in [6.45, 7) is 0. The average molecular weight is 316 g/mol. The molecule has 2 rings (SSSR count). The van der Waals surface area contributed by atoms with Gasteiger partial charge in [-0.25, -0.2) is 4.39 Å². The fourth-order valence-electron chi connectivity index (χ4n) is 2.06. The molecular formula is C18H17FO4. The highest BCUT2D eigenvalue weighted by atomic mass is 19.1. The first kappa shape index (κ1) is 16.7. The maximum Gasteiger partial charge on any atom is 0.203 e. The molecule has 0 radical (unpaired) electrons. The highest BCUT2D eigenvalue weighted by molar-refractivity contribution is 5.55. The molecule has 0 bridgehead atoms. The van der Waals surface area contributed by atoms with E-state index in [1.54, 1.807) is 24.3 Å². The van der Waals surface area contributed by atoms with E-state index in [0.29, 0.717) is 28.4 Å². The van der Waals surface area contributed by atoms with E-state index in [1.165, 1.54) is 33.5 Å². The lowest BCUT2D eigenvalue weighted by Gasteiger charge is -2.14. The molecule has 5 heteroatoms. The molecule has 0 heterocycles. The van der Waals surface area contributed by atoms with Crippen LogP contribution in [0.3, 0.4) is 0 Å². The molecule has 23 heavy (non-hydrogen) atoms. The van der Waals surface area contributed by atoms with Crippen molar-refractivity contribution in [1.29, 1.82) is 0 Å². The van der Waals surface area contributed by atoms with Crippen LogP contribution in [0, 0.1) is 17.7 Å². The third kappa shape index (κ3) is 3.93. The summed E-state index contributed by atoms with van der Waals surface area (Å²) >= 11 is 0. The minimum Gasteiger partial charge on any atom is -0.493 e. The number of ether oxygens (including phenoxy) is 3. The number of halogens is 1. The Morgan fingerprint density at radius 3 is 2.17 bits per heavy atom. The Labute approximate surface area is 134 Å². The van der Waals surface area contributed by atoms with E-state index in [0.717, 1.165) is 0 Å². The van der Waals surface area contributed by atoms with Gasteiger partial charge >= 0.3 is 0 Å². The van der Waals surface area contributed by atoms with Crippen LogP contribution in [-0.4, -0.2) is 26.4 Å². The summed E-state index contributed by atoms with van der Waals surface area (Å²) in [7, 11) is 4.48. The van der Waals surface area contributed by atoms with Gasteiger partial charge in [-0.2, -0.15) is 0 Å². The summed E-state index contributed by atoms with van der Waals surface area (Å²) in [4.78, 5) is 0. The SMILES string of the molecule is COc1cc(C(O)C#Cc2cccc(F)c2)cc(OC)c1OC. The molecule has 1 atom stereocenters. The van der Waals surface area contributed by atoms with E-state index in [9.17, 15) is 9.50 Å². The molecule has 0 saturated carbocycles. The van der Waals surface area contributed by atoms with Crippen LogP contribution in [0.4, 0.5) is 4.39 Å². The van der Waals surface area contributed by atoms with Crippen molar-refractivity contribution in [3.05, 3.63) is 53.3 Å². The summed E-state index contributed by atoms with van der Waals surface area (Å²) in [5.41, 5.74) is 0.972. The maximum absolute atomic E-state index is 13.1. The zero-order valence-corrected chi connectivity index (χ0v) is 13.1. The molecule has 2 aromatic carbocycles. The molecule has 120 valence electrons. The fraction of sp³-hybridized carbons (Fsp3) is 0.222. The number of benzene rings is 2. The quantitative estimate of drug-likeness (QED) is 0.881. The zero-order valence-electron chi connectivity index (χ0n) is 13.1. The van der Waals surface area contributed by atoms with Gasteiger partial charge in [-0.15, -0.1) is 0 Å². The first-order valence-electron chi connectivity index (χ1n) is 6.84. The number of rotatable bonds is 4. The second kappa shape index (κ2) is 7.52. The highest BCUT2D eigenvalue weighted by Gasteiger charge is 2.16. The molecule has 1 N–H and O–H groups in total. The lowest BCUT2D eigenvalue weighted by atomic mass is 10.1. The van der Waals surface area contributed by atoms with Crippen molar-refractivity contribution < 1.29 is 23.7 Å². The first-order valence-corrected chi connectivity index (χ1v) is 6.84. The minimum absolute atomic E-state index is 0.376. The Bertz CT molecular complexity index is 721. The van der Waals surface area contributed by atoms with Crippen LogP contribution >= 0.6 is 0 Å².